The summed E-state index contributed by atoms with van der Waals surface area (Å²) >= 11 is 4.89. The Labute approximate surface area is 136 Å². The second kappa shape index (κ2) is 7.06. The lowest BCUT2D eigenvalue weighted by atomic mass is 10.1. The van der Waals surface area contributed by atoms with Crippen molar-refractivity contribution in [2.75, 3.05) is 7.05 Å². The molecule has 1 unspecified atom stereocenters. The average Bonchev–Trinajstić information content (AvgIpc) is 2.48. The van der Waals surface area contributed by atoms with Crippen LogP contribution in [0.5, 0.6) is 0 Å². The quantitative estimate of drug-likeness (QED) is 0.610. The van der Waals surface area contributed by atoms with Crippen molar-refractivity contribution in [2.45, 2.75) is 22.8 Å². The van der Waals surface area contributed by atoms with Crippen molar-refractivity contribution < 1.29 is 4.92 Å². The number of nitro benzene ring substituents is 1. The molecule has 0 fully saturated rings. The molecule has 0 aliphatic carbocycles. The fraction of sp³-hybridized carbons (Fsp3) is 0.200. The van der Waals surface area contributed by atoms with Gasteiger partial charge in [0.05, 0.1) is 9.82 Å². The minimum atomic E-state index is -0.345. The van der Waals surface area contributed by atoms with E-state index in [2.05, 4.69) is 28.2 Å². The molecule has 2 aromatic rings. The van der Waals surface area contributed by atoms with Gasteiger partial charge in [0.15, 0.2) is 0 Å². The van der Waals surface area contributed by atoms with E-state index in [1.54, 1.807) is 12.1 Å². The minimum absolute atomic E-state index is 0.133. The maximum atomic E-state index is 11.1. The Bertz CT molecular complexity index is 664. The van der Waals surface area contributed by atoms with Gasteiger partial charge < -0.3 is 5.32 Å². The molecule has 4 nitrogen and oxygen atoms in total. The minimum Gasteiger partial charge on any atom is -0.313 e. The summed E-state index contributed by atoms with van der Waals surface area (Å²) in [6.45, 7) is 2.06. The monoisotopic (exact) mass is 366 g/mol. The third-order valence-corrected chi connectivity index (χ3v) is 4.80. The zero-order valence-corrected chi connectivity index (χ0v) is 14.1. The van der Waals surface area contributed by atoms with Crippen molar-refractivity contribution in [3.8, 4) is 0 Å². The maximum absolute atomic E-state index is 11.1. The molecule has 0 saturated heterocycles. The van der Waals surface area contributed by atoms with Crippen molar-refractivity contribution in [1.29, 1.82) is 0 Å². The number of nitrogens with zero attached hydrogens (tertiary/aromatic N) is 1. The van der Waals surface area contributed by atoms with Gasteiger partial charge in [-0.1, -0.05) is 39.8 Å². The zero-order valence-electron chi connectivity index (χ0n) is 11.7. The molecule has 1 atom stereocenters. The van der Waals surface area contributed by atoms with E-state index in [0.29, 0.717) is 4.90 Å². The summed E-state index contributed by atoms with van der Waals surface area (Å²) in [6, 6.07) is 12.9. The number of halogens is 1. The number of rotatable bonds is 5. The van der Waals surface area contributed by atoms with Crippen LogP contribution in [-0.4, -0.2) is 12.0 Å². The van der Waals surface area contributed by atoms with Crippen molar-refractivity contribution in [2.24, 2.45) is 0 Å². The van der Waals surface area contributed by atoms with Crippen LogP contribution >= 0.6 is 27.7 Å². The number of hydrogen-bond donors (Lipinski definition) is 1. The fourth-order valence-electron chi connectivity index (χ4n) is 1.92. The number of benzene rings is 2. The van der Waals surface area contributed by atoms with Crippen LogP contribution in [0.2, 0.25) is 0 Å². The van der Waals surface area contributed by atoms with Crippen LogP contribution in [0, 0.1) is 10.1 Å². The van der Waals surface area contributed by atoms with Crippen molar-refractivity contribution in [1.82, 2.24) is 5.32 Å². The molecule has 110 valence electrons. The van der Waals surface area contributed by atoms with E-state index < -0.39 is 0 Å². The lowest BCUT2D eigenvalue weighted by Gasteiger charge is -2.16. The summed E-state index contributed by atoms with van der Waals surface area (Å²) in [6.07, 6.45) is 0. The van der Waals surface area contributed by atoms with Crippen LogP contribution in [0.25, 0.3) is 0 Å². The van der Waals surface area contributed by atoms with Crippen LogP contribution in [0.4, 0.5) is 5.69 Å². The standard InChI is InChI=1S/C15H15BrN2O2S/c1-10(17-2)12-9-11(16)7-8-14(12)21-15-6-4-3-5-13(15)18(19)20/h3-10,17H,1-2H3. The molecule has 1 N–H and O–H groups in total. The van der Waals surface area contributed by atoms with Gasteiger partial charge in [-0.05, 0) is 43.8 Å². The molecule has 0 aromatic heterocycles. The maximum Gasteiger partial charge on any atom is 0.283 e. The topological polar surface area (TPSA) is 55.2 Å². The van der Waals surface area contributed by atoms with Gasteiger partial charge in [-0.25, -0.2) is 0 Å². The molecule has 0 aliphatic heterocycles. The molecule has 0 aliphatic rings. The molecule has 0 spiro atoms. The Morgan fingerprint density at radius 3 is 2.62 bits per heavy atom. The second-order valence-corrected chi connectivity index (χ2v) is 6.52. The first kappa shape index (κ1) is 16.0. The Balaban J connectivity index is 2.43. The van der Waals surface area contributed by atoms with Crippen LogP contribution in [0.1, 0.15) is 18.5 Å². The first-order valence-corrected chi connectivity index (χ1v) is 8.02. The highest BCUT2D eigenvalue weighted by atomic mass is 79.9. The van der Waals surface area contributed by atoms with E-state index in [4.69, 9.17) is 0 Å². The molecule has 2 aromatic carbocycles. The Hall–Kier alpha value is -1.37. The number of nitrogens with one attached hydrogen (secondary N) is 1. The third-order valence-electron chi connectivity index (χ3n) is 3.15. The lowest BCUT2D eigenvalue weighted by Crippen LogP contribution is -2.13. The average molecular weight is 367 g/mol. The van der Waals surface area contributed by atoms with Crippen LogP contribution in [0.3, 0.4) is 0 Å². The van der Waals surface area contributed by atoms with Crippen LogP contribution < -0.4 is 5.32 Å². The summed E-state index contributed by atoms with van der Waals surface area (Å²) in [5.74, 6) is 0. The van der Waals surface area contributed by atoms with Gasteiger partial charge in [-0.15, -0.1) is 0 Å². The van der Waals surface area contributed by atoms with E-state index >= 15 is 0 Å². The fourth-order valence-corrected chi connectivity index (χ4v) is 3.42. The number of hydrogen-bond acceptors (Lipinski definition) is 4. The molecule has 0 radical (unpaired) electrons. The van der Waals surface area contributed by atoms with E-state index in [1.807, 2.05) is 31.3 Å². The molecule has 0 heterocycles. The van der Waals surface area contributed by atoms with Crippen molar-refractivity contribution >= 4 is 33.4 Å². The van der Waals surface area contributed by atoms with Crippen LogP contribution in [0.15, 0.2) is 56.7 Å². The predicted molar refractivity (Wildman–Crippen MR) is 88.8 cm³/mol. The molecule has 0 saturated carbocycles. The van der Waals surface area contributed by atoms with Gasteiger partial charge in [-0.3, -0.25) is 10.1 Å². The molecule has 0 bridgehead atoms. The van der Waals surface area contributed by atoms with Gasteiger partial charge in [0.1, 0.15) is 0 Å². The Morgan fingerprint density at radius 2 is 1.95 bits per heavy atom. The zero-order chi connectivity index (χ0) is 15.4. The van der Waals surface area contributed by atoms with Crippen molar-refractivity contribution in [3.63, 3.8) is 0 Å². The van der Waals surface area contributed by atoms with Crippen molar-refractivity contribution in [3.05, 3.63) is 62.6 Å². The first-order valence-electron chi connectivity index (χ1n) is 6.41. The lowest BCUT2D eigenvalue weighted by molar-refractivity contribution is -0.387. The molecule has 21 heavy (non-hydrogen) atoms. The van der Waals surface area contributed by atoms with Gasteiger partial charge in [-0.2, -0.15) is 0 Å². The summed E-state index contributed by atoms with van der Waals surface area (Å²) in [7, 11) is 1.89. The Kier molecular flexibility index (Phi) is 5.39. The SMILES string of the molecule is CNC(C)c1cc(Br)ccc1Sc1ccccc1[N+](=O)[O-]. The highest BCUT2D eigenvalue weighted by Gasteiger charge is 2.17. The van der Waals surface area contributed by atoms with E-state index in [-0.39, 0.29) is 16.7 Å². The van der Waals surface area contributed by atoms with E-state index in [0.717, 1.165) is 14.9 Å². The first-order chi connectivity index (χ1) is 10.0. The normalized spacial score (nSPS) is 12.1. The second-order valence-electron chi connectivity index (χ2n) is 4.52. The molecular weight excluding hydrogens is 352 g/mol. The highest BCUT2D eigenvalue weighted by molar-refractivity contribution is 9.10. The summed E-state index contributed by atoms with van der Waals surface area (Å²) in [5, 5.41) is 14.3. The summed E-state index contributed by atoms with van der Waals surface area (Å²) in [5.41, 5.74) is 1.24. The number of nitro groups is 1. The van der Waals surface area contributed by atoms with Gasteiger partial charge in [0.2, 0.25) is 0 Å². The number of para-hydroxylation sites is 1. The van der Waals surface area contributed by atoms with Gasteiger partial charge in [0.25, 0.3) is 5.69 Å². The summed E-state index contributed by atoms with van der Waals surface area (Å²) in [4.78, 5) is 12.4. The summed E-state index contributed by atoms with van der Waals surface area (Å²) < 4.78 is 0.992. The highest BCUT2D eigenvalue weighted by Crippen LogP contribution is 2.38. The largest absolute Gasteiger partial charge is 0.313 e. The van der Waals surface area contributed by atoms with E-state index in [1.165, 1.54) is 17.8 Å². The van der Waals surface area contributed by atoms with Gasteiger partial charge >= 0.3 is 0 Å². The molecular formula is C15H15BrN2O2S. The smallest absolute Gasteiger partial charge is 0.283 e. The predicted octanol–water partition coefficient (Wildman–Crippen LogP) is 4.79. The molecule has 0 amide bonds. The van der Waals surface area contributed by atoms with Gasteiger partial charge in [0, 0.05) is 21.5 Å². The third kappa shape index (κ3) is 3.84. The van der Waals surface area contributed by atoms with Crippen LogP contribution in [-0.2, 0) is 0 Å². The molecule has 2 rings (SSSR count). The molecule has 6 heteroatoms. The van der Waals surface area contributed by atoms with E-state index in [9.17, 15) is 10.1 Å². The Morgan fingerprint density at radius 1 is 1.24 bits per heavy atom.